The third-order valence-corrected chi connectivity index (χ3v) is 2.13. The van der Waals surface area contributed by atoms with Gasteiger partial charge < -0.3 is 19.7 Å². The van der Waals surface area contributed by atoms with Crippen molar-refractivity contribution in [2.24, 2.45) is 0 Å². The lowest BCUT2D eigenvalue weighted by Crippen LogP contribution is -2.07. The van der Waals surface area contributed by atoms with E-state index in [1.165, 1.54) is 6.07 Å². The highest BCUT2D eigenvalue weighted by atomic mass is 32.2. The summed E-state index contributed by atoms with van der Waals surface area (Å²) in [6, 6.07) is 1.32. The van der Waals surface area contributed by atoms with Crippen LogP contribution in [0.2, 0.25) is 0 Å². The van der Waals surface area contributed by atoms with Gasteiger partial charge in [-0.15, -0.1) is 11.8 Å². The lowest BCUT2D eigenvalue weighted by atomic mass is 10.4. The topological polar surface area (TPSA) is 106 Å². The zero-order chi connectivity index (χ0) is 12.1. The molecule has 1 heterocycles. The van der Waals surface area contributed by atoms with Crippen LogP contribution in [0.5, 0.6) is 11.6 Å². The summed E-state index contributed by atoms with van der Waals surface area (Å²) in [4.78, 5) is 24.5. The first-order valence-corrected chi connectivity index (χ1v) is 5.11. The maximum atomic E-state index is 10.3. The van der Waals surface area contributed by atoms with Gasteiger partial charge in [-0.3, -0.25) is 0 Å². The number of carboxylic acid groups (broad SMARTS) is 2. The lowest BCUT2D eigenvalue weighted by molar-refractivity contribution is 0.138. The van der Waals surface area contributed by atoms with E-state index in [1.807, 2.05) is 0 Å². The predicted octanol–water partition coefficient (Wildman–Crippen LogP) is 1.92. The van der Waals surface area contributed by atoms with Gasteiger partial charge in [0.1, 0.15) is 0 Å². The first-order chi connectivity index (χ1) is 7.52. The van der Waals surface area contributed by atoms with Gasteiger partial charge in [-0.25, -0.2) is 14.6 Å². The molecule has 0 aromatic carbocycles. The van der Waals surface area contributed by atoms with E-state index in [1.54, 1.807) is 6.26 Å². The zero-order valence-corrected chi connectivity index (χ0v) is 8.85. The zero-order valence-electron chi connectivity index (χ0n) is 8.04. The van der Waals surface area contributed by atoms with Crippen molar-refractivity contribution in [1.82, 2.24) is 4.98 Å². The van der Waals surface area contributed by atoms with Crippen LogP contribution in [0, 0.1) is 0 Å². The van der Waals surface area contributed by atoms with Crippen molar-refractivity contribution in [3.8, 4) is 11.6 Å². The normalized spacial score (nSPS) is 9.56. The lowest BCUT2D eigenvalue weighted by Gasteiger charge is -2.06. The van der Waals surface area contributed by atoms with Crippen LogP contribution in [0.4, 0.5) is 9.59 Å². The Hall–Kier alpha value is -1.96. The second kappa shape index (κ2) is 5.21. The molecule has 0 aliphatic heterocycles. The fourth-order valence-corrected chi connectivity index (χ4v) is 1.38. The molecule has 7 nitrogen and oxygen atoms in total. The quantitative estimate of drug-likeness (QED) is 0.614. The number of nitrogens with zero attached hydrogens (tertiary/aromatic N) is 1. The molecule has 16 heavy (non-hydrogen) atoms. The molecule has 1 rings (SSSR count). The van der Waals surface area contributed by atoms with E-state index in [2.05, 4.69) is 14.5 Å². The van der Waals surface area contributed by atoms with E-state index in [-0.39, 0.29) is 11.6 Å². The summed E-state index contributed by atoms with van der Waals surface area (Å²) >= 11 is 1.15. The molecule has 86 valence electrons. The Morgan fingerprint density at radius 1 is 1.31 bits per heavy atom. The maximum Gasteiger partial charge on any atom is 0.512 e. The molecule has 0 saturated carbocycles. The Morgan fingerprint density at radius 3 is 2.44 bits per heavy atom. The standard InChI is InChI=1S/C8H7NO6S/c1-16-5-2-4(14-7(10)11)3-9-6(5)15-8(12)13/h2-3H,1H3,(H,10,11)(H,12,13). The molecule has 0 radical (unpaired) electrons. The Bertz CT molecular complexity index is 421. The Labute approximate surface area is 94.0 Å². The Balaban J connectivity index is 2.96. The van der Waals surface area contributed by atoms with Crippen LogP contribution >= 0.6 is 11.8 Å². The summed E-state index contributed by atoms with van der Waals surface area (Å²) in [5.41, 5.74) is 0. The minimum Gasteiger partial charge on any atom is -0.449 e. The highest BCUT2D eigenvalue weighted by Gasteiger charge is 2.11. The van der Waals surface area contributed by atoms with E-state index in [0.29, 0.717) is 4.90 Å². The van der Waals surface area contributed by atoms with Gasteiger partial charge in [0.2, 0.25) is 5.88 Å². The van der Waals surface area contributed by atoms with Crippen molar-refractivity contribution < 1.29 is 29.3 Å². The first-order valence-electron chi connectivity index (χ1n) is 3.88. The van der Waals surface area contributed by atoms with Crippen molar-refractivity contribution in [2.75, 3.05) is 6.26 Å². The molecule has 0 unspecified atom stereocenters. The van der Waals surface area contributed by atoms with Crippen molar-refractivity contribution in [1.29, 1.82) is 0 Å². The second-order valence-corrected chi connectivity index (χ2v) is 3.26. The highest BCUT2D eigenvalue weighted by Crippen LogP contribution is 2.29. The van der Waals surface area contributed by atoms with Crippen LogP contribution < -0.4 is 9.47 Å². The number of ether oxygens (including phenoxy) is 2. The SMILES string of the molecule is CSc1cc(OC(=O)O)cnc1OC(=O)O. The molecule has 0 saturated heterocycles. The molecule has 0 bridgehead atoms. The molecule has 1 aromatic heterocycles. The molecule has 0 aliphatic carbocycles. The molecule has 0 fully saturated rings. The number of aromatic nitrogens is 1. The van der Waals surface area contributed by atoms with Gasteiger partial charge in [0.15, 0.2) is 5.75 Å². The molecule has 0 aliphatic rings. The summed E-state index contributed by atoms with van der Waals surface area (Å²) in [6.45, 7) is 0. The van der Waals surface area contributed by atoms with Crippen molar-refractivity contribution in [3.63, 3.8) is 0 Å². The molecule has 0 atom stereocenters. The number of hydrogen-bond acceptors (Lipinski definition) is 6. The summed E-state index contributed by atoms with van der Waals surface area (Å²) in [6.07, 6.45) is -0.238. The predicted molar refractivity (Wildman–Crippen MR) is 53.3 cm³/mol. The molecule has 8 heteroatoms. The van der Waals surface area contributed by atoms with Crippen LogP contribution in [0.15, 0.2) is 17.2 Å². The van der Waals surface area contributed by atoms with E-state index in [4.69, 9.17) is 10.2 Å². The molecule has 0 amide bonds. The van der Waals surface area contributed by atoms with E-state index in [9.17, 15) is 9.59 Å². The average Bonchev–Trinajstić information content (AvgIpc) is 2.18. The summed E-state index contributed by atoms with van der Waals surface area (Å²) in [5, 5.41) is 16.8. The summed E-state index contributed by atoms with van der Waals surface area (Å²) < 4.78 is 8.73. The van der Waals surface area contributed by atoms with Gasteiger partial charge in [0.05, 0.1) is 11.1 Å². The number of pyridine rings is 1. The largest absolute Gasteiger partial charge is 0.512 e. The second-order valence-electron chi connectivity index (χ2n) is 2.41. The van der Waals surface area contributed by atoms with Crippen LogP contribution in [-0.2, 0) is 0 Å². The molecular formula is C8H7NO6S. The summed E-state index contributed by atoms with van der Waals surface area (Å²) in [7, 11) is 0. The van der Waals surface area contributed by atoms with Gasteiger partial charge >= 0.3 is 12.3 Å². The fourth-order valence-electron chi connectivity index (χ4n) is 0.876. The first kappa shape index (κ1) is 12.1. The van der Waals surface area contributed by atoms with Crippen molar-refractivity contribution in [2.45, 2.75) is 4.90 Å². The molecule has 0 spiro atoms. The van der Waals surface area contributed by atoms with Crippen LogP contribution in [-0.4, -0.2) is 33.8 Å². The highest BCUT2D eigenvalue weighted by molar-refractivity contribution is 7.98. The van der Waals surface area contributed by atoms with E-state index >= 15 is 0 Å². The number of thioether (sulfide) groups is 1. The Morgan fingerprint density at radius 2 is 1.94 bits per heavy atom. The summed E-state index contributed by atoms with van der Waals surface area (Å²) in [5.74, 6) is -0.118. The third-order valence-electron chi connectivity index (χ3n) is 1.40. The van der Waals surface area contributed by atoms with E-state index in [0.717, 1.165) is 18.0 Å². The van der Waals surface area contributed by atoms with Gasteiger partial charge in [0.25, 0.3) is 0 Å². The van der Waals surface area contributed by atoms with Gasteiger partial charge in [-0.05, 0) is 6.26 Å². The number of hydrogen-bond donors (Lipinski definition) is 2. The maximum absolute atomic E-state index is 10.3. The van der Waals surface area contributed by atoms with Crippen LogP contribution in [0.3, 0.4) is 0 Å². The Kier molecular flexibility index (Phi) is 3.95. The van der Waals surface area contributed by atoms with Gasteiger partial charge in [0, 0.05) is 6.07 Å². The average molecular weight is 245 g/mol. The van der Waals surface area contributed by atoms with Crippen molar-refractivity contribution in [3.05, 3.63) is 12.3 Å². The van der Waals surface area contributed by atoms with Crippen LogP contribution in [0.25, 0.3) is 0 Å². The van der Waals surface area contributed by atoms with Gasteiger partial charge in [-0.1, -0.05) is 0 Å². The third kappa shape index (κ3) is 3.31. The van der Waals surface area contributed by atoms with Gasteiger partial charge in [-0.2, -0.15) is 0 Å². The molecule has 1 aromatic rings. The minimum atomic E-state index is -1.49. The number of rotatable bonds is 3. The number of carbonyl (C=O) groups is 2. The van der Waals surface area contributed by atoms with Crippen LogP contribution in [0.1, 0.15) is 0 Å². The molecular weight excluding hydrogens is 238 g/mol. The van der Waals surface area contributed by atoms with E-state index < -0.39 is 12.3 Å². The monoisotopic (exact) mass is 245 g/mol. The van der Waals surface area contributed by atoms with Crippen molar-refractivity contribution >= 4 is 24.1 Å². The smallest absolute Gasteiger partial charge is 0.449 e. The fraction of sp³-hybridized carbons (Fsp3) is 0.125. The molecule has 2 N–H and O–H groups in total. The minimum absolute atomic E-state index is 0.00501.